The second-order valence-corrected chi connectivity index (χ2v) is 10.5. The normalized spacial score (nSPS) is 12.6. The summed E-state index contributed by atoms with van der Waals surface area (Å²) in [5, 5.41) is 5.99. The van der Waals surface area contributed by atoms with E-state index in [0.717, 1.165) is 22.3 Å². The minimum atomic E-state index is -4.60. The lowest BCUT2D eigenvalue weighted by atomic mass is 9.98. The number of rotatable bonds is 9. The Labute approximate surface area is 246 Å². The Hall–Kier alpha value is -4.12. The van der Waals surface area contributed by atoms with Crippen LogP contribution < -0.4 is 10.1 Å². The molecule has 4 aromatic rings. The number of thiocarbonyl (C=S) groups is 1. The lowest BCUT2D eigenvalue weighted by Crippen LogP contribution is -2.41. The van der Waals surface area contributed by atoms with Crippen molar-refractivity contribution in [3.8, 4) is 16.9 Å². The maximum Gasteiger partial charge on any atom is 0.437 e. The first-order valence-corrected chi connectivity index (χ1v) is 14.1. The van der Waals surface area contributed by atoms with E-state index in [4.69, 9.17) is 26.2 Å². The number of alkyl carbamates (subject to hydrolysis) is 1. The second kappa shape index (κ2) is 12.4. The van der Waals surface area contributed by atoms with Gasteiger partial charge in [0.1, 0.15) is 12.4 Å². The van der Waals surface area contributed by atoms with Gasteiger partial charge in [0.05, 0.1) is 12.0 Å². The van der Waals surface area contributed by atoms with Crippen LogP contribution >= 0.6 is 12.2 Å². The van der Waals surface area contributed by atoms with Crippen molar-refractivity contribution in [3.05, 3.63) is 83.0 Å². The molecule has 0 aliphatic heterocycles. The quantitative estimate of drug-likeness (QED) is 0.160. The van der Waals surface area contributed by atoms with Gasteiger partial charge in [-0.2, -0.15) is 13.2 Å². The van der Waals surface area contributed by atoms with Crippen molar-refractivity contribution in [2.75, 3.05) is 26.8 Å². The number of benzene rings is 3. The van der Waals surface area contributed by atoms with Crippen LogP contribution in [0.1, 0.15) is 48.1 Å². The molecule has 220 valence electrons. The Balaban J connectivity index is 1.11. The van der Waals surface area contributed by atoms with Gasteiger partial charge in [0.25, 0.3) is 0 Å². The smallest absolute Gasteiger partial charge is 0.437 e. The van der Waals surface area contributed by atoms with Crippen molar-refractivity contribution in [2.24, 2.45) is 0 Å². The molecule has 0 spiro atoms. The molecule has 1 aliphatic rings. The molecule has 1 aromatic heterocycles. The van der Waals surface area contributed by atoms with Gasteiger partial charge in [-0.1, -0.05) is 67.0 Å². The number of carbonyl (C=O) groups excluding carboxylic acids is 1. The van der Waals surface area contributed by atoms with Crippen LogP contribution in [0.5, 0.6) is 5.75 Å². The monoisotopic (exact) mass is 597 g/mol. The Morgan fingerprint density at radius 1 is 1.07 bits per heavy atom. The Bertz CT molecular complexity index is 1560. The molecule has 0 radical (unpaired) electrons. The van der Waals surface area contributed by atoms with Gasteiger partial charge in [-0.05, 0) is 59.4 Å². The van der Waals surface area contributed by atoms with Gasteiger partial charge in [-0.3, -0.25) is 5.32 Å². The number of alkyl halides is 3. The highest BCUT2D eigenvalue weighted by Gasteiger charge is 2.37. The summed E-state index contributed by atoms with van der Waals surface area (Å²) in [7, 11) is 1.74. The van der Waals surface area contributed by atoms with Crippen LogP contribution in [-0.4, -0.2) is 48.1 Å². The molecule has 1 N–H and O–H groups in total. The van der Waals surface area contributed by atoms with E-state index in [9.17, 15) is 18.0 Å². The zero-order chi connectivity index (χ0) is 29.9. The molecule has 42 heavy (non-hydrogen) atoms. The third kappa shape index (κ3) is 6.06. The number of halogens is 3. The molecule has 1 aliphatic carbocycles. The van der Waals surface area contributed by atoms with E-state index < -0.39 is 18.0 Å². The lowest BCUT2D eigenvalue weighted by Gasteiger charge is -2.21. The largest absolute Gasteiger partial charge is 0.493 e. The molecule has 0 bridgehead atoms. The van der Waals surface area contributed by atoms with Crippen LogP contribution in [0.4, 0.5) is 18.0 Å². The van der Waals surface area contributed by atoms with Crippen LogP contribution in [0.15, 0.2) is 65.2 Å². The minimum absolute atomic E-state index is 0.0552. The van der Waals surface area contributed by atoms with E-state index in [1.54, 1.807) is 11.9 Å². The summed E-state index contributed by atoms with van der Waals surface area (Å²) in [6, 6.07) is 19.0. The van der Waals surface area contributed by atoms with Crippen molar-refractivity contribution in [1.29, 1.82) is 0 Å². The van der Waals surface area contributed by atoms with E-state index in [-0.39, 0.29) is 35.2 Å². The van der Waals surface area contributed by atoms with Crippen LogP contribution in [0.25, 0.3) is 22.1 Å². The van der Waals surface area contributed by atoms with Crippen LogP contribution in [0.2, 0.25) is 0 Å². The maximum absolute atomic E-state index is 13.3. The fourth-order valence-corrected chi connectivity index (χ4v) is 5.44. The Kier molecular flexibility index (Phi) is 8.67. The lowest BCUT2D eigenvalue weighted by molar-refractivity contribution is -0.141. The predicted octanol–water partition coefficient (Wildman–Crippen LogP) is 7.32. The third-order valence-corrected chi connectivity index (χ3v) is 7.68. The summed E-state index contributed by atoms with van der Waals surface area (Å²) in [5.74, 6) is 0.400. The fourth-order valence-electron chi connectivity index (χ4n) is 5.27. The topological polar surface area (TPSA) is 76.8 Å². The summed E-state index contributed by atoms with van der Waals surface area (Å²) in [6.07, 6.45) is -3.53. The molecule has 1 heterocycles. The van der Waals surface area contributed by atoms with Crippen molar-refractivity contribution in [3.63, 3.8) is 0 Å². The number of amides is 1. The summed E-state index contributed by atoms with van der Waals surface area (Å²) in [5.41, 5.74) is 4.14. The SMILES string of the molecule is CCCc1c(OCCCN(C)C(=S)NC(=O)OCC2c3ccccc3-c3ccccc32)ccc2c(C(F)(F)F)noc12. The number of nitrogens with one attached hydrogen (secondary N) is 1. The Morgan fingerprint density at radius 2 is 1.74 bits per heavy atom. The third-order valence-electron chi connectivity index (χ3n) is 7.26. The zero-order valence-electron chi connectivity index (χ0n) is 23.2. The number of carbonyl (C=O) groups is 1. The highest BCUT2D eigenvalue weighted by molar-refractivity contribution is 7.80. The van der Waals surface area contributed by atoms with Crippen LogP contribution in [-0.2, 0) is 17.3 Å². The van der Waals surface area contributed by atoms with E-state index in [0.29, 0.717) is 37.1 Å². The second-order valence-electron chi connectivity index (χ2n) is 10.1. The molecule has 0 saturated carbocycles. The van der Waals surface area contributed by atoms with Crippen molar-refractivity contribution < 1.29 is 32.0 Å². The average molecular weight is 598 g/mol. The number of nitrogens with zero attached hydrogens (tertiary/aromatic N) is 2. The zero-order valence-corrected chi connectivity index (χ0v) is 24.0. The van der Waals surface area contributed by atoms with Gasteiger partial charge in [-0.15, -0.1) is 0 Å². The standard InChI is InChI=1S/C31H30F3N3O4S/c1-3-9-23-26(15-14-24-27(23)41-36-28(24)31(32,33)34)39-17-8-16-37(2)29(42)35-30(38)40-18-25-21-12-6-4-10-19(21)20-11-5-7-13-22(20)25/h4-7,10-15,25H,3,8-9,16-18H2,1-2H3,(H,35,38,42). The summed E-state index contributed by atoms with van der Waals surface area (Å²) >= 11 is 5.37. The first kappa shape index (κ1) is 29.4. The van der Waals surface area contributed by atoms with Gasteiger partial charge >= 0.3 is 12.3 Å². The molecule has 5 rings (SSSR count). The molecule has 11 heteroatoms. The molecule has 1 amide bonds. The van der Waals surface area contributed by atoms with Gasteiger partial charge < -0.3 is 18.9 Å². The maximum atomic E-state index is 13.3. The van der Waals surface area contributed by atoms with E-state index in [1.165, 1.54) is 12.1 Å². The van der Waals surface area contributed by atoms with E-state index in [1.807, 2.05) is 31.2 Å². The summed E-state index contributed by atoms with van der Waals surface area (Å²) < 4.78 is 56.3. The number of hydrogen-bond donors (Lipinski definition) is 1. The molecular weight excluding hydrogens is 567 g/mol. The number of fused-ring (bicyclic) bond motifs is 4. The Morgan fingerprint density at radius 3 is 2.38 bits per heavy atom. The fraction of sp³-hybridized carbons (Fsp3) is 0.323. The molecule has 3 aromatic carbocycles. The number of aromatic nitrogens is 1. The molecule has 0 fully saturated rings. The highest BCUT2D eigenvalue weighted by Crippen LogP contribution is 2.44. The number of hydrogen-bond acceptors (Lipinski definition) is 6. The minimum Gasteiger partial charge on any atom is -0.493 e. The molecule has 0 saturated heterocycles. The van der Waals surface area contributed by atoms with E-state index >= 15 is 0 Å². The van der Waals surface area contributed by atoms with Gasteiger partial charge in [0, 0.05) is 25.1 Å². The van der Waals surface area contributed by atoms with Gasteiger partial charge in [0.2, 0.25) is 0 Å². The highest BCUT2D eigenvalue weighted by atomic mass is 32.1. The molecule has 7 nitrogen and oxygen atoms in total. The summed E-state index contributed by atoms with van der Waals surface area (Å²) in [4.78, 5) is 14.3. The number of aryl methyl sites for hydroxylation is 1. The van der Waals surface area contributed by atoms with Gasteiger partial charge in [-0.25, -0.2) is 4.79 Å². The van der Waals surface area contributed by atoms with Crippen molar-refractivity contribution in [1.82, 2.24) is 15.4 Å². The van der Waals surface area contributed by atoms with Crippen molar-refractivity contribution in [2.45, 2.75) is 38.3 Å². The molecule has 0 atom stereocenters. The number of ether oxygens (including phenoxy) is 2. The van der Waals surface area contributed by atoms with Crippen LogP contribution in [0.3, 0.4) is 0 Å². The van der Waals surface area contributed by atoms with Crippen molar-refractivity contribution >= 4 is 34.4 Å². The first-order chi connectivity index (χ1) is 20.2. The van der Waals surface area contributed by atoms with E-state index in [2.05, 4.69) is 34.7 Å². The summed E-state index contributed by atoms with van der Waals surface area (Å²) in [6.45, 7) is 2.85. The van der Waals surface area contributed by atoms with Crippen LogP contribution in [0, 0.1) is 0 Å². The molecular formula is C31H30F3N3O4S. The van der Waals surface area contributed by atoms with Gasteiger partial charge in [0.15, 0.2) is 16.4 Å². The first-order valence-electron chi connectivity index (χ1n) is 13.7. The average Bonchev–Trinajstić information content (AvgIpc) is 3.55. The predicted molar refractivity (Wildman–Crippen MR) is 157 cm³/mol. The molecule has 0 unspecified atom stereocenters.